The summed E-state index contributed by atoms with van der Waals surface area (Å²) in [6.07, 6.45) is 3.37. The van der Waals surface area contributed by atoms with Gasteiger partial charge in [0.15, 0.2) is 0 Å². The van der Waals surface area contributed by atoms with E-state index >= 15 is 0 Å². The molecule has 1 rings (SSSR count). The molecular formula is C11H13NO3. The van der Waals surface area contributed by atoms with E-state index in [2.05, 4.69) is 0 Å². The van der Waals surface area contributed by atoms with Crippen molar-refractivity contribution in [2.75, 3.05) is 13.7 Å². The molecule has 0 aliphatic carbocycles. The molecule has 0 spiro atoms. The minimum atomic E-state index is -0.964. The summed E-state index contributed by atoms with van der Waals surface area (Å²) >= 11 is 0. The van der Waals surface area contributed by atoms with Gasteiger partial charge >= 0.3 is 5.97 Å². The Balaban J connectivity index is 3.16. The zero-order valence-electron chi connectivity index (χ0n) is 8.43. The van der Waals surface area contributed by atoms with E-state index in [1.54, 1.807) is 24.3 Å². The molecule has 0 unspecified atom stereocenters. The molecule has 15 heavy (non-hydrogen) atoms. The second kappa shape index (κ2) is 5.17. The van der Waals surface area contributed by atoms with Gasteiger partial charge in [-0.15, -0.1) is 0 Å². The van der Waals surface area contributed by atoms with Crippen molar-refractivity contribution in [1.29, 1.82) is 0 Å². The Morgan fingerprint density at radius 3 is 2.87 bits per heavy atom. The van der Waals surface area contributed by atoms with E-state index in [0.29, 0.717) is 17.9 Å². The third-order valence-corrected chi connectivity index (χ3v) is 1.92. The fraction of sp³-hybridized carbons (Fsp3) is 0.182. The number of nitrogens with two attached hydrogens (primary N) is 1. The summed E-state index contributed by atoms with van der Waals surface area (Å²) in [6.45, 7) is 0.371. The molecular weight excluding hydrogens is 194 g/mol. The number of carboxylic acid groups (broad SMARTS) is 1. The van der Waals surface area contributed by atoms with Gasteiger partial charge in [0.2, 0.25) is 0 Å². The van der Waals surface area contributed by atoms with Crippen LogP contribution in [0.1, 0.15) is 15.9 Å². The Hall–Kier alpha value is -1.81. The molecule has 0 atom stereocenters. The molecule has 0 saturated heterocycles. The van der Waals surface area contributed by atoms with Gasteiger partial charge in [0, 0.05) is 6.54 Å². The molecule has 0 aromatic heterocycles. The van der Waals surface area contributed by atoms with Crippen LogP contribution in [0.2, 0.25) is 0 Å². The highest BCUT2D eigenvalue weighted by atomic mass is 16.5. The fourth-order valence-corrected chi connectivity index (χ4v) is 1.20. The molecule has 0 fully saturated rings. The van der Waals surface area contributed by atoms with Crippen LogP contribution in [0, 0.1) is 0 Å². The summed E-state index contributed by atoms with van der Waals surface area (Å²) in [5.41, 5.74) is 6.13. The van der Waals surface area contributed by atoms with Crippen molar-refractivity contribution in [2.45, 2.75) is 0 Å². The van der Waals surface area contributed by atoms with E-state index in [-0.39, 0.29) is 5.56 Å². The average Bonchev–Trinajstić information content (AvgIpc) is 2.25. The largest absolute Gasteiger partial charge is 0.497 e. The maximum absolute atomic E-state index is 10.9. The molecule has 0 bridgehead atoms. The average molecular weight is 207 g/mol. The summed E-state index contributed by atoms with van der Waals surface area (Å²) in [5, 5.41) is 8.92. The Morgan fingerprint density at radius 1 is 1.60 bits per heavy atom. The first-order valence-electron chi connectivity index (χ1n) is 4.47. The molecule has 0 heterocycles. The Morgan fingerprint density at radius 2 is 2.33 bits per heavy atom. The van der Waals surface area contributed by atoms with Gasteiger partial charge in [-0.2, -0.15) is 0 Å². The van der Waals surface area contributed by atoms with Crippen LogP contribution in [-0.4, -0.2) is 24.7 Å². The van der Waals surface area contributed by atoms with Crippen LogP contribution in [0.5, 0.6) is 5.75 Å². The monoisotopic (exact) mass is 207 g/mol. The quantitative estimate of drug-likeness (QED) is 0.782. The van der Waals surface area contributed by atoms with E-state index in [1.165, 1.54) is 13.2 Å². The maximum Gasteiger partial charge on any atom is 0.336 e. The number of aromatic carboxylic acids is 1. The second-order valence-corrected chi connectivity index (χ2v) is 2.90. The fourth-order valence-electron chi connectivity index (χ4n) is 1.20. The minimum absolute atomic E-state index is 0.237. The van der Waals surface area contributed by atoms with Gasteiger partial charge in [-0.05, 0) is 23.8 Å². The summed E-state index contributed by atoms with van der Waals surface area (Å²) in [7, 11) is 1.53. The van der Waals surface area contributed by atoms with Gasteiger partial charge < -0.3 is 15.6 Å². The Labute approximate surface area is 88.0 Å². The lowest BCUT2D eigenvalue weighted by molar-refractivity contribution is 0.0696. The predicted octanol–water partition coefficient (Wildman–Crippen LogP) is 1.37. The molecule has 0 aliphatic heterocycles. The van der Waals surface area contributed by atoms with Crippen LogP contribution in [0.25, 0.3) is 6.08 Å². The highest BCUT2D eigenvalue weighted by molar-refractivity contribution is 5.92. The normalized spacial score (nSPS) is 10.5. The summed E-state index contributed by atoms with van der Waals surface area (Å²) in [5.74, 6) is -0.342. The number of benzene rings is 1. The number of methoxy groups -OCH3 is 1. The van der Waals surface area contributed by atoms with Gasteiger partial charge in [0.1, 0.15) is 5.75 Å². The molecule has 0 saturated carbocycles. The van der Waals surface area contributed by atoms with Crippen LogP contribution in [0.3, 0.4) is 0 Å². The predicted molar refractivity (Wildman–Crippen MR) is 58.0 cm³/mol. The SMILES string of the molecule is COc1ccc(C(=O)O)c(C=CCN)c1. The molecule has 0 amide bonds. The lowest BCUT2D eigenvalue weighted by Crippen LogP contribution is -2.00. The molecule has 4 heteroatoms. The Kier molecular flexibility index (Phi) is 3.88. The van der Waals surface area contributed by atoms with Gasteiger partial charge in [-0.3, -0.25) is 0 Å². The van der Waals surface area contributed by atoms with Crippen LogP contribution >= 0.6 is 0 Å². The second-order valence-electron chi connectivity index (χ2n) is 2.90. The maximum atomic E-state index is 10.9. The summed E-state index contributed by atoms with van der Waals surface area (Å²) in [4.78, 5) is 10.9. The molecule has 3 N–H and O–H groups in total. The molecule has 1 aromatic carbocycles. The summed E-state index contributed by atoms with van der Waals surface area (Å²) in [6, 6.07) is 4.79. The molecule has 4 nitrogen and oxygen atoms in total. The first-order valence-corrected chi connectivity index (χ1v) is 4.47. The third-order valence-electron chi connectivity index (χ3n) is 1.92. The van der Waals surface area contributed by atoms with Gasteiger partial charge in [0.25, 0.3) is 0 Å². The van der Waals surface area contributed by atoms with Gasteiger partial charge in [-0.1, -0.05) is 12.2 Å². The minimum Gasteiger partial charge on any atom is -0.497 e. The van der Waals surface area contributed by atoms with E-state index in [9.17, 15) is 4.79 Å². The van der Waals surface area contributed by atoms with Crippen molar-refractivity contribution < 1.29 is 14.6 Å². The highest BCUT2D eigenvalue weighted by Crippen LogP contribution is 2.19. The molecule has 0 radical (unpaired) electrons. The van der Waals surface area contributed by atoms with Crippen molar-refractivity contribution in [3.8, 4) is 5.75 Å². The topological polar surface area (TPSA) is 72.5 Å². The van der Waals surface area contributed by atoms with Crippen LogP contribution < -0.4 is 10.5 Å². The highest BCUT2D eigenvalue weighted by Gasteiger charge is 2.08. The van der Waals surface area contributed by atoms with Crippen molar-refractivity contribution >= 4 is 12.0 Å². The van der Waals surface area contributed by atoms with E-state index in [4.69, 9.17) is 15.6 Å². The van der Waals surface area contributed by atoms with Crippen LogP contribution in [0.15, 0.2) is 24.3 Å². The van der Waals surface area contributed by atoms with Crippen LogP contribution in [0.4, 0.5) is 0 Å². The number of carboxylic acids is 1. The summed E-state index contributed by atoms with van der Waals surface area (Å²) < 4.78 is 5.01. The lowest BCUT2D eigenvalue weighted by Gasteiger charge is -2.04. The van der Waals surface area contributed by atoms with E-state index < -0.39 is 5.97 Å². The standard InChI is InChI=1S/C11H13NO3/c1-15-9-4-5-10(11(13)14)8(7-9)3-2-6-12/h2-5,7H,6,12H2,1H3,(H,13,14). The molecule has 80 valence electrons. The zero-order valence-corrected chi connectivity index (χ0v) is 8.43. The number of ether oxygens (including phenoxy) is 1. The zero-order chi connectivity index (χ0) is 11.3. The van der Waals surface area contributed by atoms with Crippen molar-refractivity contribution in [1.82, 2.24) is 0 Å². The van der Waals surface area contributed by atoms with Crippen molar-refractivity contribution in [3.05, 3.63) is 35.4 Å². The first kappa shape index (κ1) is 11.3. The van der Waals surface area contributed by atoms with E-state index in [1.807, 2.05) is 0 Å². The Bertz CT molecular complexity index is 385. The van der Waals surface area contributed by atoms with Gasteiger partial charge in [0.05, 0.1) is 12.7 Å². The number of carbonyl (C=O) groups is 1. The molecule has 1 aromatic rings. The smallest absolute Gasteiger partial charge is 0.336 e. The number of hydrogen-bond donors (Lipinski definition) is 2. The van der Waals surface area contributed by atoms with E-state index in [0.717, 1.165) is 0 Å². The van der Waals surface area contributed by atoms with Crippen molar-refractivity contribution in [3.63, 3.8) is 0 Å². The number of hydrogen-bond acceptors (Lipinski definition) is 3. The number of rotatable bonds is 4. The first-order chi connectivity index (χ1) is 7.19. The third kappa shape index (κ3) is 2.82. The lowest BCUT2D eigenvalue weighted by atomic mass is 10.1. The van der Waals surface area contributed by atoms with Crippen molar-refractivity contribution in [2.24, 2.45) is 5.73 Å². The van der Waals surface area contributed by atoms with Crippen LogP contribution in [-0.2, 0) is 0 Å². The van der Waals surface area contributed by atoms with Gasteiger partial charge in [-0.25, -0.2) is 4.79 Å². The molecule has 0 aliphatic rings.